The van der Waals surface area contributed by atoms with E-state index in [1.165, 1.54) is 10.4 Å². The molecule has 2 N–H and O–H groups in total. The van der Waals surface area contributed by atoms with Gasteiger partial charge in [-0.15, -0.1) is 36.2 Å². The summed E-state index contributed by atoms with van der Waals surface area (Å²) in [5, 5.41) is 7.21. The third-order valence-corrected chi connectivity index (χ3v) is 5.49. The van der Waals surface area contributed by atoms with Gasteiger partial charge in [-0.25, -0.2) is 4.98 Å². The smallest absolute Gasteiger partial charge is 0.131 e. The summed E-state index contributed by atoms with van der Waals surface area (Å²) in [6.07, 6.45) is 2.66. The molecule has 138 valence electrons. The molecule has 3 rings (SSSR count). The van der Waals surface area contributed by atoms with Crippen LogP contribution in [0.5, 0.6) is 0 Å². The highest BCUT2D eigenvalue weighted by Crippen LogP contribution is 2.37. The number of nitrogens with zero attached hydrogens (tertiary/aromatic N) is 1. The van der Waals surface area contributed by atoms with Crippen molar-refractivity contribution in [3.63, 3.8) is 0 Å². The van der Waals surface area contributed by atoms with Gasteiger partial charge in [0.05, 0.1) is 28.7 Å². The summed E-state index contributed by atoms with van der Waals surface area (Å²) in [6, 6.07) is 6.15. The van der Waals surface area contributed by atoms with E-state index in [4.69, 9.17) is 16.0 Å². The lowest BCUT2D eigenvalue weighted by atomic mass is 10.1. The molecule has 0 saturated carbocycles. The highest BCUT2D eigenvalue weighted by atomic mass is 35.5. The van der Waals surface area contributed by atoms with Gasteiger partial charge >= 0.3 is 0 Å². The lowest BCUT2D eigenvalue weighted by molar-refractivity contribution is 0.518. The van der Waals surface area contributed by atoms with E-state index in [0.717, 1.165) is 28.1 Å². The highest BCUT2D eigenvalue weighted by molar-refractivity contribution is 7.19. The van der Waals surface area contributed by atoms with Crippen molar-refractivity contribution in [2.75, 3.05) is 12.4 Å². The maximum atomic E-state index is 6.22. The summed E-state index contributed by atoms with van der Waals surface area (Å²) in [5.74, 6) is 0.892. The molecule has 1 atom stereocenters. The maximum absolute atomic E-state index is 6.22. The maximum Gasteiger partial charge on any atom is 0.131 e. The van der Waals surface area contributed by atoms with E-state index in [0.29, 0.717) is 17.7 Å². The van der Waals surface area contributed by atoms with Crippen LogP contribution >= 0.6 is 47.8 Å². The number of hydrogen-bond donors (Lipinski definition) is 2. The summed E-state index contributed by atoms with van der Waals surface area (Å²) in [7, 11) is 1.98. The fourth-order valence-electron chi connectivity index (χ4n) is 2.49. The third kappa shape index (κ3) is 5.02. The van der Waals surface area contributed by atoms with Gasteiger partial charge in [0.15, 0.2) is 0 Å². The lowest BCUT2D eigenvalue weighted by Crippen LogP contribution is -2.23. The molecule has 0 aliphatic heterocycles. The summed E-state index contributed by atoms with van der Waals surface area (Å²) >= 11 is 8.00. The predicted octanol–water partition coefficient (Wildman–Crippen LogP) is 5.46. The molecule has 0 amide bonds. The van der Waals surface area contributed by atoms with Crippen molar-refractivity contribution < 1.29 is 4.42 Å². The standard InChI is InChI=1S/C17H20ClN3OS.2ClH/c1-10(19-3)7-14-11(2)16-17(23-14)13(8-15(18)21-16)20-9-12-5-4-6-22-12;;/h4-6,8,10,19H,7,9H2,1-3H3,(H,20,21);2*1H/t10-;;/m0../s1. The number of nitrogens with one attached hydrogen (secondary N) is 2. The molecule has 25 heavy (non-hydrogen) atoms. The minimum atomic E-state index is 0. The molecular formula is C17H22Cl3N3OS. The zero-order valence-electron chi connectivity index (χ0n) is 14.3. The molecule has 3 aromatic heterocycles. The average molecular weight is 423 g/mol. The number of likely N-dealkylation sites (N-methyl/N-ethyl adjacent to an activating group) is 1. The number of thiophene rings is 1. The Hall–Kier alpha value is -0.980. The van der Waals surface area contributed by atoms with Gasteiger partial charge < -0.3 is 15.1 Å². The molecule has 0 saturated heterocycles. The Morgan fingerprint density at radius 3 is 2.76 bits per heavy atom. The molecule has 0 aromatic carbocycles. The van der Waals surface area contributed by atoms with Crippen LogP contribution in [0.1, 0.15) is 23.1 Å². The number of fused-ring (bicyclic) bond motifs is 1. The number of furan rings is 1. The van der Waals surface area contributed by atoms with Gasteiger partial charge in [0.25, 0.3) is 0 Å². The Morgan fingerprint density at radius 1 is 1.36 bits per heavy atom. The molecule has 0 unspecified atom stereocenters. The molecule has 0 fully saturated rings. The molecule has 8 heteroatoms. The minimum absolute atomic E-state index is 0. The van der Waals surface area contributed by atoms with Crippen LogP contribution in [-0.4, -0.2) is 18.1 Å². The Kier molecular flexibility index (Phi) is 8.51. The minimum Gasteiger partial charge on any atom is -0.467 e. The monoisotopic (exact) mass is 421 g/mol. The summed E-state index contributed by atoms with van der Waals surface area (Å²) in [4.78, 5) is 5.87. The van der Waals surface area contributed by atoms with Crippen LogP contribution in [0.4, 0.5) is 5.69 Å². The van der Waals surface area contributed by atoms with Gasteiger partial charge in [-0.3, -0.25) is 0 Å². The first kappa shape index (κ1) is 22.1. The summed E-state index contributed by atoms with van der Waals surface area (Å²) in [6.45, 7) is 4.93. The van der Waals surface area contributed by atoms with Crippen molar-refractivity contribution in [3.8, 4) is 0 Å². The van der Waals surface area contributed by atoms with Crippen molar-refractivity contribution in [2.24, 2.45) is 0 Å². The number of anilines is 1. The summed E-state index contributed by atoms with van der Waals surface area (Å²) < 4.78 is 6.53. The molecule has 0 radical (unpaired) electrons. The van der Waals surface area contributed by atoms with Gasteiger partial charge in [0.2, 0.25) is 0 Å². The summed E-state index contributed by atoms with van der Waals surface area (Å²) in [5.41, 5.74) is 3.21. The molecule has 3 heterocycles. The first-order valence-corrected chi connectivity index (χ1v) is 8.80. The fraction of sp³-hybridized carbons (Fsp3) is 0.353. The lowest BCUT2D eigenvalue weighted by Gasteiger charge is -2.08. The number of aryl methyl sites for hydroxylation is 1. The number of hydrogen-bond acceptors (Lipinski definition) is 5. The van der Waals surface area contributed by atoms with Crippen LogP contribution in [0.25, 0.3) is 10.2 Å². The van der Waals surface area contributed by atoms with E-state index in [-0.39, 0.29) is 24.8 Å². The zero-order chi connectivity index (χ0) is 16.4. The normalized spacial score (nSPS) is 11.7. The van der Waals surface area contributed by atoms with E-state index < -0.39 is 0 Å². The topological polar surface area (TPSA) is 50.1 Å². The van der Waals surface area contributed by atoms with E-state index in [2.05, 4.69) is 29.5 Å². The number of aromatic nitrogens is 1. The molecule has 3 aromatic rings. The van der Waals surface area contributed by atoms with Gasteiger partial charge in [0.1, 0.15) is 10.9 Å². The van der Waals surface area contributed by atoms with Crippen LogP contribution in [0.3, 0.4) is 0 Å². The van der Waals surface area contributed by atoms with Crippen LogP contribution in [-0.2, 0) is 13.0 Å². The van der Waals surface area contributed by atoms with Crippen molar-refractivity contribution in [2.45, 2.75) is 32.9 Å². The molecule has 0 aliphatic carbocycles. The predicted molar refractivity (Wildman–Crippen MR) is 112 cm³/mol. The Morgan fingerprint density at radius 2 is 2.12 bits per heavy atom. The molecule has 0 aliphatic rings. The van der Waals surface area contributed by atoms with Crippen LogP contribution in [0.2, 0.25) is 5.15 Å². The molecule has 4 nitrogen and oxygen atoms in total. The van der Waals surface area contributed by atoms with Crippen LogP contribution in [0, 0.1) is 6.92 Å². The second-order valence-corrected chi connectivity index (χ2v) is 7.14. The number of halogens is 3. The SMILES string of the molecule is CN[C@@H](C)Cc1sc2c(NCc3ccco3)cc(Cl)nc2c1C.Cl.Cl. The number of pyridine rings is 1. The second-order valence-electron chi connectivity index (χ2n) is 5.65. The van der Waals surface area contributed by atoms with Gasteiger partial charge in [-0.2, -0.15) is 0 Å². The average Bonchev–Trinajstić information content (AvgIpc) is 3.15. The highest BCUT2D eigenvalue weighted by Gasteiger charge is 2.16. The molecule has 0 bridgehead atoms. The third-order valence-electron chi connectivity index (χ3n) is 3.96. The molecular weight excluding hydrogens is 401 g/mol. The fourth-order valence-corrected chi connectivity index (χ4v) is 4.05. The van der Waals surface area contributed by atoms with Crippen LogP contribution < -0.4 is 10.6 Å². The van der Waals surface area contributed by atoms with Gasteiger partial charge in [0, 0.05) is 17.0 Å². The second kappa shape index (κ2) is 9.64. The van der Waals surface area contributed by atoms with Gasteiger partial charge in [-0.1, -0.05) is 11.6 Å². The molecule has 0 spiro atoms. The number of rotatable bonds is 6. The largest absolute Gasteiger partial charge is 0.467 e. The first-order valence-electron chi connectivity index (χ1n) is 7.60. The first-order chi connectivity index (χ1) is 11.1. The van der Waals surface area contributed by atoms with Gasteiger partial charge in [-0.05, 0) is 45.0 Å². The van der Waals surface area contributed by atoms with E-state index in [9.17, 15) is 0 Å². The van der Waals surface area contributed by atoms with E-state index in [1.807, 2.05) is 25.2 Å². The zero-order valence-corrected chi connectivity index (χ0v) is 17.5. The quantitative estimate of drug-likeness (QED) is 0.518. The van der Waals surface area contributed by atoms with Crippen molar-refractivity contribution in [1.82, 2.24) is 10.3 Å². The Labute approximate surface area is 169 Å². The Bertz CT molecular complexity index is 805. The van der Waals surface area contributed by atoms with E-state index >= 15 is 0 Å². The van der Waals surface area contributed by atoms with E-state index in [1.54, 1.807) is 17.6 Å². The van der Waals surface area contributed by atoms with Crippen molar-refractivity contribution in [1.29, 1.82) is 0 Å². The van der Waals surface area contributed by atoms with Crippen molar-refractivity contribution in [3.05, 3.63) is 45.8 Å². The van der Waals surface area contributed by atoms with Crippen molar-refractivity contribution >= 4 is 63.7 Å². The Balaban J connectivity index is 0.00000156. The van der Waals surface area contributed by atoms with Crippen LogP contribution in [0.15, 0.2) is 28.9 Å².